The summed E-state index contributed by atoms with van der Waals surface area (Å²) < 4.78 is 5.23. The van der Waals surface area contributed by atoms with E-state index in [-0.39, 0.29) is 5.91 Å². The van der Waals surface area contributed by atoms with E-state index in [1.165, 1.54) is 0 Å². The van der Waals surface area contributed by atoms with Crippen molar-refractivity contribution in [2.24, 2.45) is 5.73 Å². The van der Waals surface area contributed by atoms with Gasteiger partial charge in [-0.05, 0) is 19.1 Å². The molecule has 1 aliphatic heterocycles. The predicted molar refractivity (Wildman–Crippen MR) is 85.4 cm³/mol. The molecule has 2 heterocycles. The maximum absolute atomic E-state index is 12.0. The van der Waals surface area contributed by atoms with Crippen LogP contribution in [0.4, 0.5) is 5.82 Å². The first-order chi connectivity index (χ1) is 10.1. The number of nitrogens with two attached hydrogens (primary N) is 1. The molecular weight excluding hydrogens is 288 g/mol. The standard InChI is InChI=1S/C14H20N4O2S/c1-10-8-11(14(15)21)9-12(17-10)16-3-2-13(19)18-4-6-20-7-5-18/h8-9H,2-7H2,1H3,(H2,15,21)(H,16,17). The average Bonchev–Trinajstić information content (AvgIpc) is 2.47. The molecule has 114 valence electrons. The fourth-order valence-corrected chi connectivity index (χ4v) is 2.29. The van der Waals surface area contributed by atoms with E-state index in [0.717, 1.165) is 11.3 Å². The number of pyridine rings is 1. The van der Waals surface area contributed by atoms with Crippen molar-refractivity contribution in [1.29, 1.82) is 0 Å². The van der Waals surface area contributed by atoms with Gasteiger partial charge in [-0.2, -0.15) is 0 Å². The van der Waals surface area contributed by atoms with Gasteiger partial charge in [-0.1, -0.05) is 12.2 Å². The molecule has 21 heavy (non-hydrogen) atoms. The van der Waals surface area contributed by atoms with Crippen LogP contribution < -0.4 is 11.1 Å². The van der Waals surface area contributed by atoms with Gasteiger partial charge in [0.25, 0.3) is 0 Å². The number of hydrogen-bond acceptors (Lipinski definition) is 5. The summed E-state index contributed by atoms with van der Waals surface area (Å²) in [6, 6.07) is 3.64. The number of carbonyl (C=O) groups excluding carboxylic acids is 1. The molecule has 1 aromatic rings. The van der Waals surface area contributed by atoms with Crippen molar-refractivity contribution in [2.75, 3.05) is 38.2 Å². The summed E-state index contributed by atoms with van der Waals surface area (Å²) in [4.78, 5) is 18.5. The summed E-state index contributed by atoms with van der Waals surface area (Å²) in [6.07, 6.45) is 0.429. The van der Waals surface area contributed by atoms with Crippen molar-refractivity contribution in [1.82, 2.24) is 9.88 Å². The van der Waals surface area contributed by atoms with E-state index in [4.69, 9.17) is 22.7 Å². The largest absolute Gasteiger partial charge is 0.389 e. The average molecular weight is 308 g/mol. The summed E-state index contributed by atoms with van der Waals surface area (Å²) in [6.45, 7) is 5.00. The van der Waals surface area contributed by atoms with E-state index in [2.05, 4.69) is 10.3 Å². The lowest BCUT2D eigenvalue weighted by atomic mass is 10.2. The first-order valence-electron chi connectivity index (χ1n) is 6.94. The van der Waals surface area contributed by atoms with Gasteiger partial charge >= 0.3 is 0 Å². The molecule has 7 heteroatoms. The Hall–Kier alpha value is -1.73. The Balaban J connectivity index is 1.85. The van der Waals surface area contributed by atoms with Crippen LogP contribution in [-0.2, 0) is 9.53 Å². The smallest absolute Gasteiger partial charge is 0.224 e. The van der Waals surface area contributed by atoms with E-state index < -0.39 is 0 Å². The van der Waals surface area contributed by atoms with E-state index in [1.807, 2.05) is 17.9 Å². The Labute approximate surface area is 129 Å². The SMILES string of the molecule is Cc1cc(C(N)=S)cc(NCCC(=O)N2CCOCC2)n1. The third-order valence-corrected chi connectivity index (χ3v) is 3.48. The number of ether oxygens (including phenoxy) is 1. The maximum atomic E-state index is 12.0. The van der Waals surface area contributed by atoms with E-state index >= 15 is 0 Å². The minimum Gasteiger partial charge on any atom is -0.389 e. The summed E-state index contributed by atoms with van der Waals surface area (Å²) in [5.74, 6) is 0.820. The minimum absolute atomic E-state index is 0.132. The summed E-state index contributed by atoms with van der Waals surface area (Å²) in [5.41, 5.74) is 7.24. The van der Waals surface area contributed by atoms with Crippen LogP contribution in [0, 0.1) is 6.92 Å². The Bertz CT molecular complexity index is 530. The van der Waals surface area contributed by atoms with Gasteiger partial charge in [-0.3, -0.25) is 4.79 Å². The lowest BCUT2D eigenvalue weighted by molar-refractivity contribution is -0.134. The Kier molecular flexibility index (Phi) is 5.46. The highest BCUT2D eigenvalue weighted by Gasteiger charge is 2.16. The maximum Gasteiger partial charge on any atom is 0.224 e. The third kappa shape index (κ3) is 4.64. The normalized spacial score (nSPS) is 14.8. The molecule has 0 saturated carbocycles. The topological polar surface area (TPSA) is 80.5 Å². The molecule has 1 amide bonds. The van der Waals surface area contributed by atoms with Gasteiger partial charge in [0.1, 0.15) is 10.8 Å². The molecule has 6 nitrogen and oxygen atoms in total. The monoisotopic (exact) mass is 308 g/mol. The number of nitrogens with one attached hydrogen (secondary N) is 1. The lowest BCUT2D eigenvalue weighted by Crippen LogP contribution is -2.41. The molecule has 0 aromatic carbocycles. The van der Waals surface area contributed by atoms with Crippen molar-refractivity contribution < 1.29 is 9.53 Å². The van der Waals surface area contributed by atoms with E-state index in [0.29, 0.717) is 50.1 Å². The molecule has 2 rings (SSSR count). The molecule has 1 aliphatic rings. The number of nitrogens with zero attached hydrogens (tertiary/aromatic N) is 2. The highest BCUT2D eigenvalue weighted by molar-refractivity contribution is 7.80. The van der Waals surface area contributed by atoms with Crippen molar-refractivity contribution in [3.05, 3.63) is 23.4 Å². The van der Waals surface area contributed by atoms with Crippen molar-refractivity contribution >= 4 is 28.9 Å². The molecule has 0 spiro atoms. The number of carbonyl (C=O) groups is 1. The van der Waals surface area contributed by atoms with E-state index in [1.54, 1.807) is 6.07 Å². The van der Waals surface area contributed by atoms with Crippen molar-refractivity contribution in [3.63, 3.8) is 0 Å². The highest BCUT2D eigenvalue weighted by Crippen LogP contribution is 2.10. The molecule has 0 aliphatic carbocycles. The zero-order valence-electron chi connectivity index (χ0n) is 12.1. The van der Waals surface area contributed by atoms with Crippen LogP contribution in [0.2, 0.25) is 0 Å². The number of aromatic nitrogens is 1. The van der Waals surface area contributed by atoms with Crippen LogP contribution in [-0.4, -0.2) is 53.6 Å². The molecular formula is C14H20N4O2S. The molecule has 1 aromatic heterocycles. The van der Waals surface area contributed by atoms with Gasteiger partial charge < -0.3 is 20.7 Å². The number of morpholine rings is 1. The Morgan fingerprint density at radius 2 is 2.19 bits per heavy atom. The number of aryl methyl sites for hydroxylation is 1. The van der Waals surface area contributed by atoms with Gasteiger partial charge in [0.05, 0.1) is 13.2 Å². The molecule has 0 bridgehead atoms. The van der Waals surface area contributed by atoms with Gasteiger partial charge in [0, 0.05) is 37.3 Å². The van der Waals surface area contributed by atoms with Crippen molar-refractivity contribution in [2.45, 2.75) is 13.3 Å². The van der Waals surface area contributed by atoms with Crippen molar-refractivity contribution in [3.8, 4) is 0 Å². The molecule has 0 atom stereocenters. The molecule has 0 unspecified atom stereocenters. The number of thiocarbonyl (C=S) groups is 1. The summed E-state index contributed by atoms with van der Waals surface area (Å²) in [7, 11) is 0. The van der Waals surface area contributed by atoms with Gasteiger partial charge in [0.15, 0.2) is 0 Å². The number of anilines is 1. The van der Waals surface area contributed by atoms with Gasteiger partial charge in [-0.25, -0.2) is 4.98 Å². The zero-order chi connectivity index (χ0) is 15.2. The fraction of sp³-hybridized carbons (Fsp3) is 0.500. The minimum atomic E-state index is 0.132. The summed E-state index contributed by atoms with van der Waals surface area (Å²) in [5, 5.41) is 3.15. The zero-order valence-corrected chi connectivity index (χ0v) is 12.9. The van der Waals surface area contributed by atoms with E-state index in [9.17, 15) is 4.79 Å². The second-order valence-electron chi connectivity index (χ2n) is 4.92. The molecule has 1 saturated heterocycles. The van der Waals surface area contributed by atoms with Crippen LogP contribution in [0.3, 0.4) is 0 Å². The van der Waals surface area contributed by atoms with Crippen LogP contribution in [0.1, 0.15) is 17.7 Å². The van der Waals surface area contributed by atoms with Crippen LogP contribution in [0.15, 0.2) is 12.1 Å². The third-order valence-electron chi connectivity index (χ3n) is 3.25. The van der Waals surface area contributed by atoms with Gasteiger partial charge in [-0.15, -0.1) is 0 Å². The second kappa shape index (κ2) is 7.33. The first-order valence-corrected chi connectivity index (χ1v) is 7.35. The summed E-state index contributed by atoms with van der Waals surface area (Å²) >= 11 is 4.97. The fourth-order valence-electron chi connectivity index (χ4n) is 2.17. The Morgan fingerprint density at radius 3 is 2.86 bits per heavy atom. The number of amides is 1. The second-order valence-corrected chi connectivity index (χ2v) is 5.36. The lowest BCUT2D eigenvalue weighted by Gasteiger charge is -2.26. The number of rotatable bonds is 5. The van der Waals surface area contributed by atoms with Crippen LogP contribution >= 0.6 is 12.2 Å². The number of hydrogen-bond donors (Lipinski definition) is 2. The Morgan fingerprint density at radius 1 is 1.48 bits per heavy atom. The molecule has 1 fully saturated rings. The molecule has 3 N–H and O–H groups in total. The first kappa shape index (κ1) is 15.7. The highest BCUT2D eigenvalue weighted by atomic mass is 32.1. The quantitative estimate of drug-likeness (QED) is 0.779. The van der Waals surface area contributed by atoms with Crippen LogP contribution in [0.25, 0.3) is 0 Å². The van der Waals surface area contributed by atoms with Gasteiger partial charge in [0.2, 0.25) is 5.91 Å². The van der Waals surface area contributed by atoms with Crippen LogP contribution in [0.5, 0.6) is 0 Å². The predicted octanol–water partition coefficient (Wildman–Crippen LogP) is 0.685. The molecule has 0 radical (unpaired) electrons.